The molecule has 4 rings (SSSR count). The standard InChI is InChI=1S/C24H21N3O2/c1-28-22-11-7-19(8-12-22)24-26-20(15-25)16-27(24)21-9-13-23(14-10-21)29-17-18-5-3-2-4-6-18/h2-14,20H,16-17H2,1H3. The van der Waals surface area contributed by atoms with Gasteiger partial charge in [0.15, 0.2) is 6.04 Å². The van der Waals surface area contributed by atoms with Gasteiger partial charge in [0.25, 0.3) is 0 Å². The van der Waals surface area contributed by atoms with Gasteiger partial charge in [-0.1, -0.05) is 30.3 Å². The number of hydrogen-bond donors (Lipinski definition) is 0. The van der Waals surface area contributed by atoms with E-state index in [1.54, 1.807) is 7.11 Å². The van der Waals surface area contributed by atoms with Crippen LogP contribution in [0.5, 0.6) is 11.5 Å². The summed E-state index contributed by atoms with van der Waals surface area (Å²) < 4.78 is 11.1. The number of anilines is 1. The molecule has 0 fully saturated rings. The largest absolute Gasteiger partial charge is 0.497 e. The monoisotopic (exact) mass is 383 g/mol. The minimum atomic E-state index is -0.388. The molecule has 1 atom stereocenters. The van der Waals surface area contributed by atoms with Crippen LogP contribution in [0.2, 0.25) is 0 Å². The number of hydrogen-bond acceptors (Lipinski definition) is 5. The summed E-state index contributed by atoms with van der Waals surface area (Å²) in [5, 5.41) is 9.38. The molecule has 0 spiro atoms. The fourth-order valence-corrected chi connectivity index (χ4v) is 3.25. The SMILES string of the molecule is COc1ccc(C2=NC(C#N)CN2c2ccc(OCc3ccccc3)cc2)cc1. The maximum Gasteiger partial charge on any atom is 0.156 e. The average Bonchev–Trinajstić information content (AvgIpc) is 3.23. The van der Waals surface area contributed by atoms with E-state index in [4.69, 9.17) is 9.47 Å². The van der Waals surface area contributed by atoms with Crippen molar-refractivity contribution < 1.29 is 9.47 Å². The highest BCUT2D eigenvalue weighted by molar-refractivity contribution is 6.11. The molecule has 0 aliphatic carbocycles. The zero-order chi connectivity index (χ0) is 20.1. The minimum Gasteiger partial charge on any atom is -0.497 e. The smallest absolute Gasteiger partial charge is 0.156 e. The lowest BCUT2D eigenvalue weighted by Gasteiger charge is -2.21. The van der Waals surface area contributed by atoms with Gasteiger partial charge in [-0.3, -0.25) is 0 Å². The maximum absolute atomic E-state index is 9.38. The van der Waals surface area contributed by atoms with Crippen molar-refractivity contribution in [2.24, 2.45) is 4.99 Å². The third kappa shape index (κ3) is 4.22. The third-order valence-corrected chi connectivity index (χ3v) is 4.78. The number of nitriles is 1. The number of ether oxygens (including phenoxy) is 2. The molecule has 1 heterocycles. The van der Waals surface area contributed by atoms with Crippen LogP contribution in [0.1, 0.15) is 11.1 Å². The van der Waals surface area contributed by atoms with Gasteiger partial charge in [0.05, 0.1) is 19.7 Å². The summed E-state index contributed by atoms with van der Waals surface area (Å²) in [7, 11) is 1.64. The first-order valence-corrected chi connectivity index (χ1v) is 9.43. The van der Waals surface area contributed by atoms with E-state index in [1.165, 1.54) is 0 Å². The highest BCUT2D eigenvalue weighted by Crippen LogP contribution is 2.27. The van der Waals surface area contributed by atoms with Gasteiger partial charge in [0.2, 0.25) is 0 Å². The first-order chi connectivity index (χ1) is 14.3. The lowest BCUT2D eigenvalue weighted by Crippen LogP contribution is -2.29. The number of methoxy groups -OCH3 is 1. The molecule has 1 unspecified atom stereocenters. The molecule has 0 bridgehead atoms. The molecule has 1 aliphatic rings. The van der Waals surface area contributed by atoms with E-state index in [9.17, 15) is 5.26 Å². The second-order valence-electron chi connectivity index (χ2n) is 6.70. The third-order valence-electron chi connectivity index (χ3n) is 4.78. The Labute approximate surface area is 170 Å². The molecular formula is C24H21N3O2. The van der Waals surface area contributed by atoms with E-state index in [0.29, 0.717) is 13.2 Å². The summed E-state index contributed by atoms with van der Waals surface area (Å²) in [6, 6.07) is 27.6. The molecule has 0 saturated carbocycles. The van der Waals surface area contributed by atoms with Gasteiger partial charge in [-0.25, -0.2) is 4.99 Å². The van der Waals surface area contributed by atoms with Crippen molar-refractivity contribution in [3.8, 4) is 17.6 Å². The van der Waals surface area contributed by atoms with Crippen molar-refractivity contribution in [3.05, 3.63) is 90.0 Å². The molecule has 0 saturated heterocycles. The fraction of sp³-hybridized carbons (Fsp3) is 0.167. The second kappa shape index (κ2) is 8.49. The van der Waals surface area contributed by atoms with Gasteiger partial charge in [-0.05, 0) is 54.1 Å². The lowest BCUT2D eigenvalue weighted by atomic mass is 10.1. The minimum absolute atomic E-state index is 0.388. The maximum atomic E-state index is 9.38. The molecule has 0 aromatic heterocycles. The van der Waals surface area contributed by atoms with Crippen LogP contribution >= 0.6 is 0 Å². The van der Waals surface area contributed by atoms with E-state index in [2.05, 4.69) is 16.0 Å². The van der Waals surface area contributed by atoms with Gasteiger partial charge in [-0.15, -0.1) is 0 Å². The summed E-state index contributed by atoms with van der Waals surface area (Å²) in [6.45, 7) is 1.06. The van der Waals surface area contributed by atoms with Crippen LogP contribution in [0.25, 0.3) is 0 Å². The number of benzene rings is 3. The van der Waals surface area contributed by atoms with Gasteiger partial charge in [0.1, 0.15) is 23.9 Å². The molecule has 0 amide bonds. The molecule has 3 aromatic rings. The Morgan fingerprint density at radius 2 is 1.66 bits per heavy atom. The molecule has 0 N–H and O–H groups in total. The van der Waals surface area contributed by atoms with Crippen LogP contribution in [0.4, 0.5) is 5.69 Å². The number of aliphatic imine (C=N–C) groups is 1. The van der Waals surface area contributed by atoms with Crippen LogP contribution in [0, 0.1) is 11.3 Å². The summed E-state index contributed by atoms with van der Waals surface area (Å²) in [5.41, 5.74) is 3.05. The quantitative estimate of drug-likeness (QED) is 0.632. The Bertz CT molecular complexity index is 1020. The van der Waals surface area contributed by atoms with E-state index >= 15 is 0 Å². The first kappa shape index (κ1) is 18.6. The van der Waals surface area contributed by atoms with Gasteiger partial charge >= 0.3 is 0 Å². The van der Waals surface area contributed by atoms with Crippen LogP contribution < -0.4 is 14.4 Å². The van der Waals surface area contributed by atoms with E-state index in [0.717, 1.165) is 34.1 Å². The highest BCUT2D eigenvalue weighted by atomic mass is 16.5. The van der Waals surface area contributed by atoms with Crippen LogP contribution in [0.3, 0.4) is 0 Å². The van der Waals surface area contributed by atoms with Gasteiger partial charge in [0, 0.05) is 11.3 Å². The lowest BCUT2D eigenvalue weighted by molar-refractivity contribution is 0.306. The van der Waals surface area contributed by atoms with Crippen LogP contribution in [0.15, 0.2) is 83.9 Å². The molecule has 5 nitrogen and oxygen atoms in total. The molecule has 5 heteroatoms. The summed E-state index contributed by atoms with van der Waals surface area (Å²) in [5.74, 6) is 2.38. The number of rotatable bonds is 6. The van der Waals surface area contributed by atoms with E-state index in [1.807, 2.05) is 78.9 Å². The molecule has 1 aliphatic heterocycles. The Hall–Kier alpha value is -3.78. The van der Waals surface area contributed by atoms with Gasteiger partial charge < -0.3 is 14.4 Å². The van der Waals surface area contributed by atoms with Crippen molar-refractivity contribution in [1.82, 2.24) is 0 Å². The fourth-order valence-electron chi connectivity index (χ4n) is 3.25. The summed E-state index contributed by atoms with van der Waals surface area (Å²) in [4.78, 5) is 6.66. The predicted molar refractivity (Wildman–Crippen MR) is 113 cm³/mol. The van der Waals surface area contributed by atoms with Crippen molar-refractivity contribution in [1.29, 1.82) is 5.26 Å². The average molecular weight is 383 g/mol. The van der Waals surface area contributed by atoms with Crippen molar-refractivity contribution in [2.75, 3.05) is 18.6 Å². The Morgan fingerprint density at radius 3 is 2.31 bits per heavy atom. The van der Waals surface area contributed by atoms with Crippen LogP contribution in [-0.2, 0) is 6.61 Å². The molecule has 29 heavy (non-hydrogen) atoms. The van der Waals surface area contributed by atoms with Gasteiger partial charge in [-0.2, -0.15) is 5.26 Å². The molecule has 3 aromatic carbocycles. The number of nitrogens with zero attached hydrogens (tertiary/aromatic N) is 3. The van der Waals surface area contributed by atoms with Crippen LogP contribution in [-0.4, -0.2) is 25.5 Å². The molecular weight excluding hydrogens is 362 g/mol. The van der Waals surface area contributed by atoms with Crippen molar-refractivity contribution in [3.63, 3.8) is 0 Å². The van der Waals surface area contributed by atoms with Crippen molar-refractivity contribution in [2.45, 2.75) is 12.6 Å². The molecule has 144 valence electrons. The zero-order valence-corrected chi connectivity index (χ0v) is 16.2. The zero-order valence-electron chi connectivity index (χ0n) is 16.2. The Kier molecular flexibility index (Phi) is 5.44. The second-order valence-corrected chi connectivity index (χ2v) is 6.70. The normalized spacial score (nSPS) is 15.5. The Morgan fingerprint density at radius 1 is 0.966 bits per heavy atom. The topological polar surface area (TPSA) is 57.8 Å². The first-order valence-electron chi connectivity index (χ1n) is 9.43. The summed E-state index contributed by atoms with van der Waals surface area (Å²) >= 11 is 0. The predicted octanol–water partition coefficient (Wildman–Crippen LogP) is 4.43. The van der Waals surface area contributed by atoms with E-state index < -0.39 is 0 Å². The molecule has 0 radical (unpaired) electrons. The Balaban J connectivity index is 1.51. The van der Waals surface area contributed by atoms with Crippen molar-refractivity contribution >= 4 is 11.5 Å². The highest BCUT2D eigenvalue weighted by Gasteiger charge is 2.27. The summed E-state index contributed by atoms with van der Waals surface area (Å²) in [6.07, 6.45) is 0. The van der Waals surface area contributed by atoms with E-state index in [-0.39, 0.29) is 6.04 Å². The number of amidine groups is 1.